The number of carbonyl (C=O) groups is 1. The van der Waals surface area contributed by atoms with Gasteiger partial charge in [-0.25, -0.2) is 4.98 Å². The predicted octanol–water partition coefficient (Wildman–Crippen LogP) is 5.48. The number of benzene rings is 1. The number of nitrogens with zero attached hydrogens (tertiary/aromatic N) is 3. The van der Waals surface area contributed by atoms with Crippen molar-refractivity contribution in [1.82, 2.24) is 14.3 Å². The van der Waals surface area contributed by atoms with Crippen LogP contribution >= 0.6 is 11.6 Å². The average molecular weight is 475 g/mol. The van der Waals surface area contributed by atoms with Crippen molar-refractivity contribution in [1.29, 1.82) is 0 Å². The molecule has 0 aliphatic carbocycles. The van der Waals surface area contributed by atoms with Gasteiger partial charge in [0.05, 0.1) is 18.1 Å². The monoisotopic (exact) mass is 474 g/mol. The topological polar surface area (TPSA) is 76.8 Å². The first kappa shape index (κ1) is 21.4. The predicted molar refractivity (Wildman–Crippen MR) is 117 cm³/mol. The zero-order chi connectivity index (χ0) is 23.3. The number of fused-ring (bicyclic) bond motifs is 1. The van der Waals surface area contributed by atoms with Gasteiger partial charge in [-0.3, -0.25) is 9.20 Å². The van der Waals surface area contributed by atoms with Gasteiger partial charge in [-0.05, 0) is 36.2 Å². The fourth-order valence-corrected chi connectivity index (χ4v) is 4.48. The molecule has 10 heteroatoms. The number of anilines is 1. The number of alkyl halides is 3. The van der Waals surface area contributed by atoms with Crippen molar-refractivity contribution in [2.75, 3.05) is 18.8 Å². The summed E-state index contributed by atoms with van der Waals surface area (Å²) < 4.78 is 47.6. The number of pyridine rings is 1. The maximum atomic E-state index is 13.8. The Balaban J connectivity index is 1.52. The number of aromatic nitrogens is 2. The van der Waals surface area contributed by atoms with Crippen LogP contribution in [0.2, 0.25) is 5.15 Å². The van der Waals surface area contributed by atoms with Crippen LogP contribution in [0.4, 0.5) is 18.9 Å². The van der Waals surface area contributed by atoms with Crippen LogP contribution in [0.5, 0.6) is 0 Å². The third-order valence-electron chi connectivity index (χ3n) is 5.88. The van der Waals surface area contributed by atoms with Crippen molar-refractivity contribution < 1.29 is 22.4 Å². The van der Waals surface area contributed by atoms with E-state index in [1.165, 1.54) is 18.7 Å². The summed E-state index contributed by atoms with van der Waals surface area (Å²) in [5.41, 5.74) is 6.58. The van der Waals surface area contributed by atoms with Gasteiger partial charge in [-0.15, -0.1) is 0 Å². The molecule has 5 rings (SSSR count). The van der Waals surface area contributed by atoms with E-state index in [9.17, 15) is 18.0 Å². The fraction of sp³-hybridized carbons (Fsp3) is 0.217. The standard InChI is InChI=1S/C23H18ClF3N4O2/c24-20-19(22(32)30-6-4-14(10-30)13-2-1-3-17(28)8-13)29-21-18(23(25,26)27)9-16(11-31(20)21)15-5-7-33-12-15/h1-3,5,7-9,11-12,14H,4,6,10,28H2. The Hall–Kier alpha value is -3.46. The molecule has 0 radical (unpaired) electrons. The molecule has 1 unspecified atom stereocenters. The third kappa shape index (κ3) is 3.82. The molecule has 3 aromatic heterocycles. The number of hydrogen-bond donors (Lipinski definition) is 1. The lowest BCUT2D eigenvalue weighted by Gasteiger charge is -2.16. The SMILES string of the molecule is Nc1cccc(C2CCN(C(=O)c3nc4c(C(F)(F)F)cc(-c5ccoc5)cn4c3Cl)C2)c1. The number of likely N-dealkylation sites (tertiary alicyclic amines) is 1. The number of rotatable bonds is 3. The van der Waals surface area contributed by atoms with E-state index in [-0.39, 0.29) is 22.3 Å². The quantitative estimate of drug-likeness (QED) is 0.399. The van der Waals surface area contributed by atoms with E-state index < -0.39 is 23.3 Å². The van der Waals surface area contributed by atoms with Crippen LogP contribution in [-0.2, 0) is 6.18 Å². The summed E-state index contributed by atoms with van der Waals surface area (Å²) in [4.78, 5) is 18.8. The maximum absolute atomic E-state index is 13.8. The highest BCUT2D eigenvalue weighted by molar-refractivity contribution is 6.33. The number of nitrogens with two attached hydrogens (primary N) is 1. The lowest BCUT2D eigenvalue weighted by Crippen LogP contribution is -2.29. The molecule has 1 amide bonds. The first-order valence-corrected chi connectivity index (χ1v) is 10.6. The molecule has 0 saturated carbocycles. The molecule has 1 aromatic carbocycles. The van der Waals surface area contributed by atoms with E-state index in [2.05, 4.69) is 4.98 Å². The van der Waals surface area contributed by atoms with Crippen molar-refractivity contribution >= 4 is 28.8 Å². The summed E-state index contributed by atoms with van der Waals surface area (Å²) in [5.74, 6) is -0.431. The smallest absolute Gasteiger partial charge is 0.420 e. The van der Waals surface area contributed by atoms with Crippen LogP contribution in [0.15, 0.2) is 59.5 Å². The van der Waals surface area contributed by atoms with Gasteiger partial charge in [0.25, 0.3) is 5.91 Å². The number of furan rings is 1. The molecule has 0 spiro atoms. The van der Waals surface area contributed by atoms with Crippen molar-refractivity contribution in [2.45, 2.75) is 18.5 Å². The minimum Gasteiger partial charge on any atom is -0.472 e. The molecule has 1 aliphatic rings. The number of carbonyl (C=O) groups excluding carboxylic acids is 1. The van der Waals surface area contributed by atoms with Crippen molar-refractivity contribution in [3.8, 4) is 11.1 Å². The minimum atomic E-state index is -4.69. The molecule has 1 atom stereocenters. The Morgan fingerprint density at radius 3 is 2.73 bits per heavy atom. The normalized spacial score (nSPS) is 16.6. The second kappa shape index (κ2) is 7.84. The molecule has 0 bridgehead atoms. The molecule has 1 fully saturated rings. The van der Waals surface area contributed by atoms with Crippen LogP contribution in [0.3, 0.4) is 0 Å². The fourth-order valence-electron chi connectivity index (χ4n) is 4.23. The van der Waals surface area contributed by atoms with Gasteiger partial charge in [-0.1, -0.05) is 23.7 Å². The Bertz CT molecular complexity index is 1350. The maximum Gasteiger partial charge on any atom is 0.420 e. The Labute approximate surface area is 191 Å². The van der Waals surface area contributed by atoms with E-state index in [0.29, 0.717) is 30.8 Å². The molecule has 1 saturated heterocycles. The van der Waals surface area contributed by atoms with E-state index in [0.717, 1.165) is 16.0 Å². The summed E-state index contributed by atoms with van der Waals surface area (Å²) in [6, 6.07) is 9.96. The highest BCUT2D eigenvalue weighted by Crippen LogP contribution is 2.38. The number of hydrogen-bond acceptors (Lipinski definition) is 4. The molecule has 4 heterocycles. The summed E-state index contributed by atoms with van der Waals surface area (Å²) in [5, 5.41) is -0.168. The molecular weight excluding hydrogens is 457 g/mol. The van der Waals surface area contributed by atoms with Crippen LogP contribution in [0.1, 0.15) is 34.0 Å². The van der Waals surface area contributed by atoms with Crippen LogP contribution < -0.4 is 5.73 Å². The first-order valence-electron chi connectivity index (χ1n) is 10.2. The Morgan fingerprint density at radius 1 is 1.21 bits per heavy atom. The second-order valence-corrected chi connectivity index (χ2v) is 8.36. The third-order valence-corrected chi connectivity index (χ3v) is 6.24. The minimum absolute atomic E-state index is 0.0756. The zero-order valence-electron chi connectivity index (χ0n) is 17.1. The van der Waals surface area contributed by atoms with Gasteiger partial charge in [0, 0.05) is 42.0 Å². The van der Waals surface area contributed by atoms with Gasteiger partial charge in [0.1, 0.15) is 5.15 Å². The molecule has 33 heavy (non-hydrogen) atoms. The van der Waals surface area contributed by atoms with Gasteiger partial charge in [0.2, 0.25) is 0 Å². The lowest BCUT2D eigenvalue weighted by atomic mass is 9.98. The summed E-state index contributed by atoms with van der Waals surface area (Å²) >= 11 is 6.41. The van der Waals surface area contributed by atoms with Gasteiger partial charge in [-0.2, -0.15) is 13.2 Å². The summed E-state index contributed by atoms with van der Waals surface area (Å²) in [7, 11) is 0. The van der Waals surface area contributed by atoms with Crippen molar-refractivity contribution in [3.63, 3.8) is 0 Å². The molecular formula is C23H18ClF3N4O2. The molecule has 170 valence electrons. The number of imidazole rings is 1. The zero-order valence-corrected chi connectivity index (χ0v) is 17.9. The molecule has 2 N–H and O–H groups in total. The summed E-state index contributed by atoms with van der Waals surface area (Å²) in [6.07, 6.45) is 0.127. The van der Waals surface area contributed by atoms with E-state index in [1.54, 1.807) is 17.0 Å². The van der Waals surface area contributed by atoms with E-state index in [4.69, 9.17) is 21.8 Å². The van der Waals surface area contributed by atoms with Crippen molar-refractivity contribution in [3.05, 3.63) is 77.1 Å². The average Bonchev–Trinajstić information content (AvgIpc) is 3.53. The van der Waals surface area contributed by atoms with E-state index >= 15 is 0 Å². The van der Waals surface area contributed by atoms with Gasteiger partial charge >= 0.3 is 6.18 Å². The Morgan fingerprint density at radius 2 is 2.03 bits per heavy atom. The Kier molecular flexibility index (Phi) is 5.08. The lowest BCUT2D eigenvalue weighted by molar-refractivity contribution is -0.136. The van der Waals surface area contributed by atoms with Crippen LogP contribution in [-0.4, -0.2) is 33.3 Å². The van der Waals surface area contributed by atoms with Crippen LogP contribution in [0.25, 0.3) is 16.8 Å². The largest absolute Gasteiger partial charge is 0.472 e. The first-order chi connectivity index (χ1) is 15.7. The number of amides is 1. The van der Waals surface area contributed by atoms with Gasteiger partial charge < -0.3 is 15.1 Å². The number of nitrogen functional groups attached to an aromatic ring is 1. The van der Waals surface area contributed by atoms with E-state index in [1.807, 2.05) is 18.2 Å². The van der Waals surface area contributed by atoms with Crippen LogP contribution in [0, 0.1) is 0 Å². The second-order valence-electron chi connectivity index (χ2n) is 8.00. The highest BCUT2D eigenvalue weighted by Gasteiger charge is 2.37. The highest BCUT2D eigenvalue weighted by atomic mass is 35.5. The van der Waals surface area contributed by atoms with Gasteiger partial charge in [0.15, 0.2) is 11.3 Å². The molecule has 4 aromatic rings. The summed E-state index contributed by atoms with van der Waals surface area (Å²) in [6.45, 7) is 0.841. The van der Waals surface area contributed by atoms with Crippen molar-refractivity contribution in [2.24, 2.45) is 0 Å². The molecule has 6 nitrogen and oxygen atoms in total. The number of halogens is 4. The molecule has 1 aliphatic heterocycles.